The second kappa shape index (κ2) is 9.55. The second-order valence-electron chi connectivity index (χ2n) is 6.55. The molecule has 0 aromatic heterocycles. The van der Waals surface area contributed by atoms with Crippen LogP contribution in [-0.2, 0) is 16.1 Å². The maximum absolute atomic E-state index is 12.8. The number of hydrogen-bond donors (Lipinski definition) is 1. The Morgan fingerprint density at radius 3 is 2.26 bits per heavy atom. The first-order chi connectivity index (χ1) is 12.8. The van der Waals surface area contributed by atoms with Crippen molar-refractivity contribution in [3.63, 3.8) is 0 Å². The minimum absolute atomic E-state index is 0.124. The zero-order valence-electron chi connectivity index (χ0n) is 16.1. The predicted molar refractivity (Wildman–Crippen MR) is 110 cm³/mol. The van der Waals surface area contributed by atoms with Crippen LogP contribution in [0.4, 0.5) is 0 Å². The van der Waals surface area contributed by atoms with E-state index in [-0.39, 0.29) is 18.4 Å². The van der Waals surface area contributed by atoms with Gasteiger partial charge in [0.25, 0.3) is 5.91 Å². The molecule has 5 nitrogen and oxygen atoms in total. The van der Waals surface area contributed by atoms with Gasteiger partial charge in [-0.2, -0.15) is 0 Å². The van der Waals surface area contributed by atoms with Crippen LogP contribution < -0.4 is 10.1 Å². The van der Waals surface area contributed by atoms with Crippen LogP contribution in [0.25, 0.3) is 0 Å². The summed E-state index contributed by atoms with van der Waals surface area (Å²) in [6.07, 6.45) is 0. The highest BCUT2D eigenvalue weighted by molar-refractivity contribution is 9.10. The van der Waals surface area contributed by atoms with Gasteiger partial charge in [0.05, 0.1) is 0 Å². The van der Waals surface area contributed by atoms with Crippen molar-refractivity contribution in [2.45, 2.75) is 33.4 Å². The van der Waals surface area contributed by atoms with Crippen LogP contribution in [0.5, 0.6) is 5.75 Å². The van der Waals surface area contributed by atoms with Crippen molar-refractivity contribution in [2.75, 3.05) is 13.7 Å². The molecule has 0 saturated carbocycles. The van der Waals surface area contributed by atoms with E-state index in [0.29, 0.717) is 12.3 Å². The topological polar surface area (TPSA) is 58.6 Å². The number of rotatable bonds is 7. The lowest BCUT2D eigenvalue weighted by atomic mass is 10.1. The Labute approximate surface area is 168 Å². The molecule has 6 heteroatoms. The zero-order chi connectivity index (χ0) is 20.0. The fourth-order valence-electron chi connectivity index (χ4n) is 2.82. The van der Waals surface area contributed by atoms with E-state index in [2.05, 4.69) is 21.2 Å². The molecule has 2 rings (SSSR count). The lowest BCUT2D eigenvalue weighted by molar-refractivity contribution is -0.142. The molecule has 1 N–H and O–H groups in total. The van der Waals surface area contributed by atoms with E-state index >= 15 is 0 Å². The number of benzene rings is 2. The minimum atomic E-state index is -0.603. The van der Waals surface area contributed by atoms with Gasteiger partial charge in [0, 0.05) is 18.1 Å². The van der Waals surface area contributed by atoms with E-state index in [4.69, 9.17) is 4.74 Å². The molecule has 0 saturated heterocycles. The van der Waals surface area contributed by atoms with Crippen molar-refractivity contribution in [3.8, 4) is 5.75 Å². The highest BCUT2D eigenvalue weighted by atomic mass is 79.9. The Morgan fingerprint density at radius 1 is 1.11 bits per heavy atom. The van der Waals surface area contributed by atoms with E-state index in [1.54, 1.807) is 14.0 Å². The zero-order valence-corrected chi connectivity index (χ0v) is 17.7. The van der Waals surface area contributed by atoms with Crippen molar-refractivity contribution in [1.82, 2.24) is 10.2 Å². The smallest absolute Gasteiger partial charge is 0.261 e. The van der Waals surface area contributed by atoms with E-state index in [1.807, 2.05) is 56.3 Å². The van der Waals surface area contributed by atoms with Crippen LogP contribution in [0, 0.1) is 13.8 Å². The van der Waals surface area contributed by atoms with Crippen molar-refractivity contribution in [2.24, 2.45) is 0 Å². The van der Waals surface area contributed by atoms with Gasteiger partial charge in [0.2, 0.25) is 5.91 Å². The first kappa shape index (κ1) is 21.0. The number of likely N-dealkylation sites (N-methyl/N-ethyl adjacent to an activating group) is 1. The third-order valence-electron chi connectivity index (χ3n) is 4.24. The summed E-state index contributed by atoms with van der Waals surface area (Å²) < 4.78 is 6.66. The van der Waals surface area contributed by atoms with Crippen LogP contribution in [0.2, 0.25) is 0 Å². The molecule has 2 aromatic rings. The Bertz CT molecular complexity index is 785. The molecular weight excluding hydrogens is 408 g/mol. The maximum atomic E-state index is 12.8. The summed E-state index contributed by atoms with van der Waals surface area (Å²) in [5.41, 5.74) is 3.08. The van der Waals surface area contributed by atoms with Gasteiger partial charge in [0.15, 0.2) is 6.61 Å². The van der Waals surface area contributed by atoms with E-state index < -0.39 is 6.04 Å². The van der Waals surface area contributed by atoms with E-state index in [1.165, 1.54) is 4.90 Å². The molecule has 0 unspecified atom stereocenters. The average Bonchev–Trinajstić information content (AvgIpc) is 2.63. The Balaban J connectivity index is 2.14. The third-order valence-corrected chi connectivity index (χ3v) is 4.77. The van der Waals surface area contributed by atoms with Gasteiger partial charge in [-0.05, 0) is 61.7 Å². The Kier molecular flexibility index (Phi) is 7.42. The number of nitrogens with one attached hydrogen (secondary N) is 1. The van der Waals surface area contributed by atoms with Crippen molar-refractivity contribution < 1.29 is 14.3 Å². The lowest BCUT2D eigenvalue weighted by Gasteiger charge is -2.28. The lowest BCUT2D eigenvalue weighted by Crippen LogP contribution is -2.48. The molecule has 0 radical (unpaired) electrons. The second-order valence-corrected chi connectivity index (χ2v) is 7.47. The van der Waals surface area contributed by atoms with E-state index in [9.17, 15) is 9.59 Å². The standard InChI is InChI=1S/C21H25BrN2O3/c1-14-9-15(2)11-19(10-14)27-13-20(25)24(16(3)21(26)23-4)12-17-5-7-18(22)8-6-17/h5-11,16H,12-13H2,1-4H3,(H,23,26)/t16-/m0/s1. The Hall–Kier alpha value is -2.34. The number of amides is 2. The van der Waals surface area contributed by atoms with Crippen molar-refractivity contribution >= 4 is 27.7 Å². The van der Waals surface area contributed by atoms with Gasteiger partial charge in [-0.3, -0.25) is 9.59 Å². The van der Waals surface area contributed by atoms with Crippen LogP contribution in [0.3, 0.4) is 0 Å². The van der Waals surface area contributed by atoms with Crippen LogP contribution in [0.1, 0.15) is 23.6 Å². The summed E-state index contributed by atoms with van der Waals surface area (Å²) in [4.78, 5) is 26.5. The van der Waals surface area contributed by atoms with Crippen LogP contribution in [0.15, 0.2) is 46.9 Å². The van der Waals surface area contributed by atoms with E-state index in [0.717, 1.165) is 21.2 Å². The molecule has 0 aliphatic rings. The molecule has 0 fully saturated rings. The van der Waals surface area contributed by atoms with Crippen LogP contribution >= 0.6 is 15.9 Å². The predicted octanol–water partition coefficient (Wildman–Crippen LogP) is 3.61. The van der Waals surface area contributed by atoms with Gasteiger partial charge in [-0.25, -0.2) is 0 Å². The molecule has 0 heterocycles. The summed E-state index contributed by atoms with van der Waals surface area (Å²) in [6, 6.07) is 12.9. The summed E-state index contributed by atoms with van der Waals surface area (Å²) in [6.45, 7) is 5.88. The number of nitrogens with zero attached hydrogens (tertiary/aromatic N) is 1. The highest BCUT2D eigenvalue weighted by Crippen LogP contribution is 2.18. The first-order valence-corrected chi connectivity index (χ1v) is 9.56. The number of halogens is 1. The number of aryl methyl sites for hydroxylation is 2. The fourth-order valence-corrected chi connectivity index (χ4v) is 3.09. The number of ether oxygens (including phenoxy) is 1. The SMILES string of the molecule is CNC(=O)[C@H](C)N(Cc1ccc(Br)cc1)C(=O)COc1cc(C)cc(C)c1. The van der Waals surface area contributed by atoms with Gasteiger partial charge >= 0.3 is 0 Å². The summed E-state index contributed by atoms with van der Waals surface area (Å²) in [7, 11) is 1.56. The quantitative estimate of drug-likeness (QED) is 0.726. The molecule has 2 aromatic carbocycles. The highest BCUT2D eigenvalue weighted by Gasteiger charge is 2.25. The molecule has 144 valence electrons. The molecule has 2 amide bonds. The normalized spacial score (nSPS) is 11.6. The first-order valence-electron chi connectivity index (χ1n) is 8.76. The molecule has 0 aliphatic heterocycles. The fraction of sp³-hybridized carbons (Fsp3) is 0.333. The summed E-state index contributed by atoms with van der Waals surface area (Å²) >= 11 is 3.40. The number of carbonyl (C=O) groups is 2. The Morgan fingerprint density at radius 2 is 1.70 bits per heavy atom. The maximum Gasteiger partial charge on any atom is 0.261 e. The molecule has 27 heavy (non-hydrogen) atoms. The molecular formula is C21H25BrN2O3. The summed E-state index contributed by atoms with van der Waals surface area (Å²) in [5, 5.41) is 2.60. The van der Waals surface area contributed by atoms with Gasteiger partial charge in [0.1, 0.15) is 11.8 Å². The molecule has 0 aliphatic carbocycles. The molecule has 1 atom stereocenters. The molecule has 0 bridgehead atoms. The number of carbonyl (C=O) groups excluding carboxylic acids is 2. The average molecular weight is 433 g/mol. The summed E-state index contributed by atoms with van der Waals surface area (Å²) in [5.74, 6) is 0.192. The minimum Gasteiger partial charge on any atom is -0.484 e. The van der Waals surface area contributed by atoms with Crippen molar-refractivity contribution in [3.05, 3.63) is 63.6 Å². The van der Waals surface area contributed by atoms with Gasteiger partial charge in [-0.15, -0.1) is 0 Å². The van der Waals surface area contributed by atoms with Crippen LogP contribution in [-0.4, -0.2) is 36.4 Å². The van der Waals surface area contributed by atoms with Gasteiger partial charge < -0.3 is 15.0 Å². The monoisotopic (exact) mass is 432 g/mol. The number of hydrogen-bond acceptors (Lipinski definition) is 3. The van der Waals surface area contributed by atoms with Crippen molar-refractivity contribution in [1.29, 1.82) is 0 Å². The molecule has 0 spiro atoms. The third kappa shape index (κ3) is 6.10. The largest absolute Gasteiger partial charge is 0.484 e. The van der Waals surface area contributed by atoms with Gasteiger partial charge in [-0.1, -0.05) is 34.1 Å².